The molecule has 7 heteroatoms. The molecule has 118 valence electrons. The number of hydrogen-bond acceptors (Lipinski definition) is 3. The topological polar surface area (TPSA) is 79.0 Å². The molecular weight excluding hydrogens is 312 g/mol. The van der Waals surface area contributed by atoms with Gasteiger partial charge < -0.3 is 4.98 Å². The number of halogens is 1. The molecule has 0 amide bonds. The first-order valence-electron chi connectivity index (χ1n) is 7.26. The summed E-state index contributed by atoms with van der Waals surface area (Å²) >= 11 is 5.66. The first kappa shape index (κ1) is 16.5. The summed E-state index contributed by atoms with van der Waals surface area (Å²) in [5.74, 6) is 1.33. The Bertz CT molecular complexity index is 642. The van der Waals surface area contributed by atoms with Gasteiger partial charge in [-0.2, -0.15) is 0 Å². The maximum absolute atomic E-state index is 12.1. The van der Waals surface area contributed by atoms with Gasteiger partial charge in [-0.25, -0.2) is 13.1 Å². The first-order chi connectivity index (χ1) is 9.88. The molecule has 2 rings (SSSR count). The Hall–Kier alpha value is -0.850. The van der Waals surface area contributed by atoms with E-state index in [4.69, 9.17) is 11.6 Å². The zero-order valence-corrected chi connectivity index (χ0v) is 13.6. The number of hydrogen-bond donors (Lipinski definition) is 2. The third kappa shape index (κ3) is 4.56. The van der Waals surface area contributed by atoms with Crippen molar-refractivity contribution in [3.8, 4) is 0 Å². The normalized spacial score (nSPS) is 23.1. The van der Waals surface area contributed by atoms with Gasteiger partial charge in [-0.3, -0.25) is 4.79 Å². The van der Waals surface area contributed by atoms with Gasteiger partial charge >= 0.3 is 0 Å². The Kier molecular flexibility index (Phi) is 5.46. The van der Waals surface area contributed by atoms with Crippen LogP contribution in [0.15, 0.2) is 22.0 Å². The predicted molar refractivity (Wildman–Crippen MR) is 83.0 cm³/mol. The molecule has 1 saturated carbocycles. The number of aromatic nitrogens is 1. The van der Waals surface area contributed by atoms with Crippen LogP contribution in [0.25, 0.3) is 0 Å². The molecule has 0 saturated heterocycles. The zero-order valence-electron chi connectivity index (χ0n) is 12.1. The van der Waals surface area contributed by atoms with Gasteiger partial charge in [0.1, 0.15) is 5.02 Å². The molecule has 0 bridgehead atoms. The van der Waals surface area contributed by atoms with Crippen molar-refractivity contribution in [1.82, 2.24) is 9.71 Å². The smallest absolute Gasteiger partial charge is 0.266 e. The number of aromatic amines is 1. The Labute approximate surface area is 130 Å². The molecule has 2 atom stereocenters. The van der Waals surface area contributed by atoms with Gasteiger partial charge in [0.05, 0.1) is 4.90 Å². The summed E-state index contributed by atoms with van der Waals surface area (Å²) < 4.78 is 26.8. The molecule has 0 spiro atoms. The highest BCUT2D eigenvalue weighted by Crippen LogP contribution is 2.30. The zero-order chi connectivity index (χ0) is 15.5. The average molecular weight is 333 g/mol. The van der Waals surface area contributed by atoms with Crippen LogP contribution < -0.4 is 10.3 Å². The second kappa shape index (κ2) is 6.94. The number of rotatable bonds is 5. The van der Waals surface area contributed by atoms with Crippen molar-refractivity contribution in [1.29, 1.82) is 0 Å². The Morgan fingerprint density at radius 2 is 2.19 bits per heavy atom. The Morgan fingerprint density at radius 3 is 2.86 bits per heavy atom. The maximum atomic E-state index is 12.1. The summed E-state index contributed by atoms with van der Waals surface area (Å²) in [6, 6.07) is 1.17. The van der Waals surface area contributed by atoms with Crippen molar-refractivity contribution in [2.24, 2.45) is 11.8 Å². The molecule has 1 aromatic heterocycles. The SMILES string of the molecule is CC1CCCC(CCNS(=O)(=O)c2c[nH]c(=O)c(Cl)c2)C1. The van der Waals surface area contributed by atoms with Gasteiger partial charge in [0.2, 0.25) is 10.0 Å². The van der Waals surface area contributed by atoms with Crippen LogP contribution in [0.3, 0.4) is 0 Å². The fourth-order valence-corrected chi connectivity index (χ4v) is 4.17. The predicted octanol–water partition coefficient (Wildman–Crippen LogP) is 2.52. The summed E-state index contributed by atoms with van der Waals surface area (Å²) in [5.41, 5.74) is -0.494. The summed E-state index contributed by atoms with van der Waals surface area (Å²) in [6.07, 6.45) is 6.87. The van der Waals surface area contributed by atoms with E-state index in [1.165, 1.54) is 37.9 Å². The van der Waals surface area contributed by atoms with E-state index in [9.17, 15) is 13.2 Å². The lowest BCUT2D eigenvalue weighted by Crippen LogP contribution is -2.28. The van der Waals surface area contributed by atoms with Gasteiger partial charge in [-0.05, 0) is 30.7 Å². The highest BCUT2D eigenvalue weighted by molar-refractivity contribution is 7.89. The molecule has 2 unspecified atom stereocenters. The Balaban J connectivity index is 1.92. The molecule has 0 aromatic carbocycles. The molecule has 5 nitrogen and oxygen atoms in total. The minimum absolute atomic E-state index is 0.0101. The number of sulfonamides is 1. The van der Waals surface area contributed by atoms with Gasteiger partial charge in [0.25, 0.3) is 5.56 Å². The molecule has 2 N–H and O–H groups in total. The maximum Gasteiger partial charge on any atom is 0.266 e. The minimum Gasteiger partial charge on any atom is -0.326 e. The monoisotopic (exact) mass is 332 g/mol. The molecule has 21 heavy (non-hydrogen) atoms. The van der Waals surface area contributed by atoms with E-state index in [0.29, 0.717) is 12.5 Å². The van der Waals surface area contributed by atoms with Crippen LogP contribution >= 0.6 is 11.6 Å². The summed E-state index contributed by atoms with van der Waals surface area (Å²) in [6.45, 7) is 2.66. The molecule has 0 radical (unpaired) electrons. The molecule has 1 aliphatic carbocycles. The van der Waals surface area contributed by atoms with Crippen molar-refractivity contribution in [3.05, 3.63) is 27.6 Å². The molecule has 1 heterocycles. The van der Waals surface area contributed by atoms with E-state index < -0.39 is 15.6 Å². The number of pyridine rings is 1. The van der Waals surface area contributed by atoms with E-state index in [2.05, 4.69) is 16.6 Å². The van der Waals surface area contributed by atoms with E-state index >= 15 is 0 Å². The third-order valence-electron chi connectivity index (χ3n) is 4.03. The van der Waals surface area contributed by atoms with Crippen LogP contribution in [-0.4, -0.2) is 19.9 Å². The summed E-state index contributed by atoms with van der Waals surface area (Å²) in [5, 5.41) is -0.126. The fourth-order valence-electron chi connectivity index (χ4n) is 2.90. The van der Waals surface area contributed by atoms with E-state index in [0.717, 1.165) is 12.3 Å². The second-order valence-corrected chi connectivity index (χ2v) is 8.01. The van der Waals surface area contributed by atoms with Crippen molar-refractivity contribution in [3.63, 3.8) is 0 Å². The number of nitrogens with one attached hydrogen (secondary N) is 2. The van der Waals surface area contributed by atoms with Crippen molar-refractivity contribution < 1.29 is 8.42 Å². The largest absolute Gasteiger partial charge is 0.326 e. The highest BCUT2D eigenvalue weighted by Gasteiger charge is 2.20. The first-order valence-corrected chi connectivity index (χ1v) is 9.12. The summed E-state index contributed by atoms with van der Waals surface area (Å²) in [7, 11) is -3.62. The lowest BCUT2D eigenvalue weighted by molar-refractivity contribution is 0.271. The standard InChI is InChI=1S/C14H21ClN2O3S/c1-10-3-2-4-11(7-10)5-6-17-21(19,20)12-8-13(15)14(18)16-9-12/h8-11,17H,2-7H2,1H3,(H,16,18). The van der Waals surface area contributed by atoms with Gasteiger partial charge in [-0.1, -0.05) is 37.8 Å². The molecule has 0 aliphatic heterocycles. The van der Waals surface area contributed by atoms with Gasteiger partial charge in [0, 0.05) is 12.7 Å². The van der Waals surface area contributed by atoms with E-state index in [1.54, 1.807) is 0 Å². The molecule has 1 aliphatic rings. The molecule has 1 fully saturated rings. The summed E-state index contributed by atoms with van der Waals surface area (Å²) in [4.78, 5) is 13.4. The second-order valence-electron chi connectivity index (χ2n) is 5.84. The average Bonchev–Trinajstić information content (AvgIpc) is 2.41. The quantitative estimate of drug-likeness (QED) is 0.869. The fraction of sp³-hybridized carbons (Fsp3) is 0.643. The van der Waals surface area contributed by atoms with E-state index in [1.807, 2.05) is 0 Å². The molecule has 1 aromatic rings. The minimum atomic E-state index is -3.62. The van der Waals surface area contributed by atoms with Crippen molar-refractivity contribution in [2.45, 2.75) is 43.9 Å². The van der Waals surface area contributed by atoms with Crippen LogP contribution in [0.4, 0.5) is 0 Å². The van der Waals surface area contributed by atoms with Crippen LogP contribution in [0.2, 0.25) is 5.02 Å². The van der Waals surface area contributed by atoms with Crippen LogP contribution in [0, 0.1) is 11.8 Å². The van der Waals surface area contributed by atoms with Crippen LogP contribution in [0.5, 0.6) is 0 Å². The highest BCUT2D eigenvalue weighted by atomic mass is 35.5. The lowest BCUT2D eigenvalue weighted by atomic mass is 9.81. The molecular formula is C14H21ClN2O3S. The van der Waals surface area contributed by atoms with Gasteiger partial charge in [-0.15, -0.1) is 0 Å². The van der Waals surface area contributed by atoms with E-state index in [-0.39, 0.29) is 9.92 Å². The lowest BCUT2D eigenvalue weighted by Gasteiger charge is -2.26. The van der Waals surface area contributed by atoms with Crippen molar-refractivity contribution in [2.75, 3.05) is 6.54 Å². The third-order valence-corrected chi connectivity index (χ3v) is 5.75. The van der Waals surface area contributed by atoms with Gasteiger partial charge in [0.15, 0.2) is 0 Å². The van der Waals surface area contributed by atoms with Crippen LogP contribution in [0.1, 0.15) is 39.0 Å². The van der Waals surface area contributed by atoms with Crippen LogP contribution in [-0.2, 0) is 10.0 Å². The van der Waals surface area contributed by atoms with Crippen molar-refractivity contribution >= 4 is 21.6 Å². The number of H-pyrrole nitrogens is 1. The Morgan fingerprint density at radius 1 is 1.43 bits per heavy atom.